The van der Waals surface area contributed by atoms with Crippen molar-refractivity contribution in [2.24, 2.45) is 0 Å². The van der Waals surface area contributed by atoms with E-state index in [0.717, 1.165) is 26.0 Å². The van der Waals surface area contributed by atoms with Gasteiger partial charge in [-0.25, -0.2) is 4.98 Å². The van der Waals surface area contributed by atoms with Crippen LogP contribution in [0.1, 0.15) is 6.92 Å². The molecule has 24 heavy (non-hydrogen) atoms. The number of nitrogens with one attached hydrogen (secondary N) is 1. The third-order valence-corrected chi connectivity index (χ3v) is 5.80. The smallest absolute Gasteiger partial charge is 0.237 e. The van der Waals surface area contributed by atoms with Crippen LogP contribution in [-0.2, 0) is 4.79 Å². The number of ether oxygens (including phenoxy) is 1. The number of anilines is 1. The lowest BCUT2D eigenvalue weighted by Crippen LogP contribution is -2.22. The zero-order chi connectivity index (χ0) is 17.1. The van der Waals surface area contributed by atoms with E-state index < -0.39 is 0 Å². The quantitative estimate of drug-likeness (QED) is 0.629. The van der Waals surface area contributed by atoms with Gasteiger partial charge in [0.25, 0.3) is 0 Å². The van der Waals surface area contributed by atoms with Gasteiger partial charge in [0.05, 0.1) is 22.6 Å². The number of halogens is 1. The first-order chi connectivity index (χ1) is 11.5. The highest BCUT2D eigenvalue weighted by atomic mass is 35.5. The molecule has 1 amide bonds. The summed E-state index contributed by atoms with van der Waals surface area (Å²) < 4.78 is 7.02. The summed E-state index contributed by atoms with van der Waals surface area (Å²) in [5.41, 5.74) is 1.60. The highest BCUT2D eigenvalue weighted by Gasteiger charge is 2.17. The first-order valence-electron chi connectivity index (χ1n) is 7.23. The Hall–Kier alpha value is -1.76. The van der Waals surface area contributed by atoms with Gasteiger partial charge < -0.3 is 10.1 Å². The lowest BCUT2D eigenvalue weighted by Gasteiger charge is -2.10. The first-order valence-corrected chi connectivity index (χ1v) is 9.30. The molecule has 1 unspecified atom stereocenters. The number of amides is 1. The number of fused-ring (bicyclic) bond motifs is 1. The second kappa shape index (κ2) is 7.42. The number of thioether (sulfide) groups is 1. The average molecular weight is 379 g/mol. The Balaban J connectivity index is 1.65. The van der Waals surface area contributed by atoms with E-state index in [1.54, 1.807) is 18.4 Å². The molecular formula is C17H15ClN2O2S2. The molecule has 4 nitrogen and oxygen atoms in total. The van der Waals surface area contributed by atoms with Crippen molar-refractivity contribution in [3.8, 4) is 5.75 Å². The molecule has 124 valence electrons. The van der Waals surface area contributed by atoms with E-state index in [1.807, 2.05) is 49.4 Å². The summed E-state index contributed by atoms with van der Waals surface area (Å²) in [6.45, 7) is 1.86. The summed E-state index contributed by atoms with van der Waals surface area (Å²) in [5, 5.41) is 3.30. The maximum absolute atomic E-state index is 12.3. The largest absolute Gasteiger partial charge is 0.497 e. The average Bonchev–Trinajstić information content (AvgIpc) is 2.96. The summed E-state index contributed by atoms with van der Waals surface area (Å²) in [6.07, 6.45) is 0. The molecule has 0 aliphatic rings. The third-order valence-electron chi connectivity index (χ3n) is 3.33. The van der Waals surface area contributed by atoms with E-state index in [0.29, 0.717) is 5.02 Å². The zero-order valence-corrected chi connectivity index (χ0v) is 15.5. The van der Waals surface area contributed by atoms with Crippen molar-refractivity contribution >= 4 is 56.5 Å². The van der Waals surface area contributed by atoms with Crippen LogP contribution in [0.15, 0.2) is 46.8 Å². The molecule has 0 fully saturated rings. The number of rotatable bonds is 5. The van der Waals surface area contributed by atoms with Crippen molar-refractivity contribution < 1.29 is 9.53 Å². The minimum atomic E-state index is -0.261. The molecule has 0 saturated heterocycles. The van der Waals surface area contributed by atoms with Crippen molar-refractivity contribution in [3.05, 3.63) is 47.5 Å². The molecule has 0 saturated carbocycles. The van der Waals surface area contributed by atoms with Crippen LogP contribution in [0.3, 0.4) is 0 Å². The Morgan fingerprint density at radius 1 is 1.29 bits per heavy atom. The van der Waals surface area contributed by atoms with Gasteiger partial charge >= 0.3 is 0 Å². The molecule has 1 heterocycles. The molecule has 0 bridgehead atoms. The summed E-state index contributed by atoms with van der Waals surface area (Å²) in [5.74, 6) is 0.686. The maximum Gasteiger partial charge on any atom is 0.237 e. The Kier molecular flexibility index (Phi) is 5.28. The summed E-state index contributed by atoms with van der Waals surface area (Å²) in [6, 6.07) is 12.9. The lowest BCUT2D eigenvalue weighted by atomic mass is 10.3. The van der Waals surface area contributed by atoms with Crippen LogP contribution in [0.2, 0.25) is 5.02 Å². The third kappa shape index (κ3) is 4.01. The highest BCUT2D eigenvalue weighted by molar-refractivity contribution is 8.02. The lowest BCUT2D eigenvalue weighted by molar-refractivity contribution is -0.115. The SMILES string of the molecule is COc1ccc(NC(=O)C(C)Sc2nc3cc(Cl)ccc3s2)cc1. The van der Waals surface area contributed by atoms with E-state index in [1.165, 1.54) is 11.8 Å². The molecule has 0 spiro atoms. The van der Waals surface area contributed by atoms with Gasteiger partial charge in [-0.3, -0.25) is 4.79 Å². The summed E-state index contributed by atoms with van der Waals surface area (Å²) in [7, 11) is 1.61. The summed E-state index contributed by atoms with van der Waals surface area (Å²) in [4.78, 5) is 16.9. The Labute approximate surface area is 153 Å². The number of carbonyl (C=O) groups is 1. The number of aromatic nitrogens is 1. The topological polar surface area (TPSA) is 51.2 Å². The van der Waals surface area contributed by atoms with Crippen molar-refractivity contribution in [1.29, 1.82) is 0 Å². The maximum atomic E-state index is 12.3. The second-order valence-corrected chi connectivity index (χ2v) is 8.12. The van der Waals surface area contributed by atoms with Gasteiger partial charge in [0.2, 0.25) is 5.91 Å². The molecule has 3 aromatic rings. The predicted molar refractivity (Wildman–Crippen MR) is 102 cm³/mol. The normalized spacial score (nSPS) is 12.1. The monoisotopic (exact) mass is 378 g/mol. The van der Waals surface area contributed by atoms with Crippen LogP contribution in [0, 0.1) is 0 Å². The number of thiazole rings is 1. The van der Waals surface area contributed by atoms with Crippen LogP contribution in [0.4, 0.5) is 5.69 Å². The molecule has 2 aromatic carbocycles. The number of nitrogens with zero attached hydrogens (tertiary/aromatic N) is 1. The fraction of sp³-hybridized carbons (Fsp3) is 0.176. The number of hydrogen-bond donors (Lipinski definition) is 1. The summed E-state index contributed by atoms with van der Waals surface area (Å²) >= 11 is 8.98. The molecular weight excluding hydrogens is 364 g/mol. The van der Waals surface area contributed by atoms with Gasteiger partial charge in [-0.1, -0.05) is 23.4 Å². The van der Waals surface area contributed by atoms with E-state index in [9.17, 15) is 4.79 Å². The van der Waals surface area contributed by atoms with Gasteiger partial charge in [0.1, 0.15) is 5.75 Å². The van der Waals surface area contributed by atoms with Crippen LogP contribution < -0.4 is 10.1 Å². The Morgan fingerprint density at radius 3 is 2.75 bits per heavy atom. The molecule has 1 atom stereocenters. The highest BCUT2D eigenvalue weighted by Crippen LogP contribution is 2.33. The molecule has 0 aliphatic heterocycles. The number of hydrogen-bond acceptors (Lipinski definition) is 5. The van der Waals surface area contributed by atoms with Crippen LogP contribution in [0.5, 0.6) is 5.75 Å². The van der Waals surface area contributed by atoms with Gasteiger partial charge in [0.15, 0.2) is 4.34 Å². The second-order valence-electron chi connectivity index (χ2n) is 5.07. The molecule has 0 aliphatic carbocycles. The molecule has 1 N–H and O–H groups in total. The molecule has 7 heteroatoms. The van der Waals surface area contributed by atoms with E-state index >= 15 is 0 Å². The van der Waals surface area contributed by atoms with Crippen LogP contribution >= 0.6 is 34.7 Å². The van der Waals surface area contributed by atoms with Gasteiger partial charge in [-0.2, -0.15) is 0 Å². The Bertz CT molecular complexity index is 865. The van der Waals surface area contributed by atoms with Gasteiger partial charge in [-0.15, -0.1) is 11.3 Å². The predicted octanol–water partition coefficient (Wildman–Crippen LogP) is 5.08. The molecule has 0 radical (unpaired) electrons. The number of carbonyl (C=O) groups excluding carboxylic acids is 1. The van der Waals surface area contributed by atoms with Gasteiger partial charge in [-0.05, 0) is 49.4 Å². The van der Waals surface area contributed by atoms with E-state index in [2.05, 4.69) is 10.3 Å². The van der Waals surface area contributed by atoms with Crippen molar-refractivity contribution in [1.82, 2.24) is 4.98 Å². The van der Waals surface area contributed by atoms with Crippen LogP contribution in [0.25, 0.3) is 10.2 Å². The molecule has 3 rings (SSSR count). The first kappa shape index (κ1) is 17.1. The minimum Gasteiger partial charge on any atom is -0.497 e. The van der Waals surface area contributed by atoms with Crippen LogP contribution in [-0.4, -0.2) is 23.3 Å². The zero-order valence-electron chi connectivity index (χ0n) is 13.1. The minimum absolute atomic E-state index is 0.0672. The number of benzene rings is 2. The molecule has 1 aromatic heterocycles. The van der Waals surface area contributed by atoms with E-state index in [-0.39, 0.29) is 11.2 Å². The van der Waals surface area contributed by atoms with Crippen molar-refractivity contribution in [2.75, 3.05) is 12.4 Å². The Morgan fingerprint density at radius 2 is 2.04 bits per heavy atom. The van der Waals surface area contributed by atoms with Crippen molar-refractivity contribution in [2.45, 2.75) is 16.5 Å². The van der Waals surface area contributed by atoms with E-state index in [4.69, 9.17) is 16.3 Å². The van der Waals surface area contributed by atoms with Crippen molar-refractivity contribution in [3.63, 3.8) is 0 Å². The number of methoxy groups -OCH3 is 1. The standard InChI is InChI=1S/C17H15ClN2O2S2/c1-10(16(21)19-12-4-6-13(22-2)7-5-12)23-17-20-14-9-11(18)3-8-15(14)24-17/h3-10H,1-2H3,(H,19,21). The van der Waals surface area contributed by atoms with Gasteiger partial charge in [0, 0.05) is 10.7 Å². The fourth-order valence-corrected chi connectivity index (χ4v) is 4.41. The fourth-order valence-electron chi connectivity index (χ4n) is 2.05.